The molecule has 0 aliphatic rings. The first kappa shape index (κ1) is 13.6. The van der Waals surface area contributed by atoms with Crippen LogP contribution in [0.2, 0.25) is 10.0 Å². The van der Waals surface area contributed by atoms with Crippen LogP contribution in [0.1, 0.15) is 0 Å². The number of hydrogen-bond acceptors (Lipinski definition) is 5. The van der Waals surface area contributed by atoms with Gasteiger partial charge in [-0.1, -0.05) is 34.5 Å². The molecule has 0 amide bonds. The third-order valence-corrected chi connectivity index (χ3v) is 4.76. The molecule has 1 aromatic carbocycles. The highest BCUT2D eigenvalue weighted by molar-refractivity contribution is 7.19. The van der Waals surface area contributed by atoms with Crippen LogP contribution in [0, 0.1) is 0 Å². The average Bonchev–Trinajstić information content (AvgIpc) is 3.11. The molecule has 22 heavy (non-hydrogen) atoms. The molecule has 4 aromatic rings. The van der Waals surface area contributed by atoms with Crippen molar-refractivity contribution >= 4 is 39.5 Å². The summed E-state index contributed by atoms with van der Waals surface area (Å²) in [5, 5.41) is 14.7. The molecule has 0 saturated carbocycles. The second kappa shape index (κ2) is 5.31. The van der Waals surface area contributed by atoms with Gasteiger partial charge in [-0.25, -0.2) is 0 Å². The first-order chi connectivity index (χ1) is 10.7. The lowest BCUT2D eigenvalue weighted by Gasteiger charge is -1.99. The van der Waals surface area contributed by atoms with Crippen LogP contribution in [0.25, 0.3) is 26.9 Å². The highest BCUT2D eigenvalue weighted by Gasteiger charge is 2.15. The number of halogens is 2. The summed E-state index contributed by atoms with van der Waals surface area (Å²) in [6.45, 7) is 0. The monoisotopic (exact) mass is 347 g/mol. The normalized spacial score (nSPS) is 11.2. The van der Waals surface area contributed by atoms with Crippen molar-refractivity contribution < 1.29 is 0 Å². The topological polar surface area (TPSA) is 56.0 Å². The Hall–Kier alpha value is -2.02. The molecule has 5 nitrogen and oxygen atoms in total. The summed E-state index contributed by atoms with van der Waals surface area (Å²) in [5.41, 5.74) is 1.75. The van der Waals surface area contributed by atoms with Crippen molar-refractivity contribution in [2.75, 3.05) is 0 Å². The minimum atomic E-state index is 0.471. The molecule has 8 heteroatoms. The molecule has 0 spiro atoms. The van der Waals surface area contributed by atoms with Crippen LogP contribution in [0.4, 0.5) is 0 Å². The Balaban J connectivity index is 1.86. The van der Waals surface area contributed by atoms with Crippen LogP contribution in [0.3, 0.4) is 0 Å². The van der Waals surface area contributed by atoms with Gasteiger partial charge >= 0.3 is 0 Å². The van der Waals surface area contributed by atoms with E-state index in [0.717, 1.165) is 16.1 Å². The summed E-state index contributed by atoms with van der Waals surface area (Å²) in [4.78, 5) is 4.82. The summed E-state index contributed by atoms with van der Waals surface area (Å²) in [5.74, 6) is 0.625. The minimum absolute atomic E-state index is 0.471. The van der Waals surface area contributed by atoms with E-state index in [4.69, 9.17) is 23.2 Å². The highest BCUT2D eigenvalue weighted by atomic mass is 35.5. The average molecular weight is 348 g/mol. The number of nitrogens with zero attached hydrogens (tertiary/aromatic N) is 5. The molecule has 3 aromatic heterocycles. The molecule has 0 bridgehead atoms. The molecule has 3 heterocycles. The van der Waals surface area contributed by atoms with E-state index < -0.39 is 0 Å². The Morgan fingerprint density at radius 1 is 1.00 bits per heavy atom. The largest absolute Gasteiger partial charge is 0.264 e. The molecule has 0 aliphatic heterocycles. The maximum Gasteiger partial charge on any atom is 0.235 e. The third-order valence-electron chi connectivity index (χ3n) is 3.08. The molecule has 4 rings (SSSR count). The van der Waals surface area contributed by atoms with Crippen molar-refractivity contribution in [3.63, 3.8) is 0 Å². The lowest BCUT2D eigenvalue weighted by atomic mass is 10.2. The fourth-order valence-corrected chi connectivity index (χ4v) is 3.17. The van der Waals surface area contributed by atoms with E-state index in [1.807, 2.05) is 18.2 Å². The van der Waals surface area contributed by atoms with Crippen molar-refractivity contribution in [3.8, 4) is 22.0 Å². The van der Waals surface area contributed by atoms with E-state index in [0.29, 0.717) is 20.8 Å². The summed E-state index contributed by atoms with van der Waals surface area (Å²) < 4.78 is 1.70. The molecule has 0 fully saturated rings. The molecule has 0 atom stereocenters. The van der Waals surface area contributed by atoms with Gasteiger partial charge in [0.25, 0.3) is 0 Å². The Morgan fingerprint density at radius 2 is 1.91 bits per heavy atom. The van der Waals surface area contributed by atoms with Crippen molar-refractivity contribution in [2.24, 2.45) is 0 Å². The van der Waals surface area contributed by atoms with Gasteiger partial charge in [0.1, 0.15) is 5.01 Å². The Bertz CT molecular complexity index is 964. The van der Waals surface area contributed by atoms with E-state index in [1.165, 1.54) is 11.3 Å². The predicted octanol–water partition coefficient (Wildman–Crippen LogP) is 4.22. The predicted molar refractivity (Wildman–Crippen MR) is 87.3 cm³/mol. The molecule has 108 valence electrons. The second-order valence-corrected chi connectivity index (χ2v) is 6.27. The van der Waals surface area contributed by atoms with E-state index in [-0.39, 0.29) is 0 Å². The second-order valence-electron chi connectivity index (χ2n) is 4.50. The van der Waals surface area contributed by atoms with Gasteiger partial charge in [0.05, 0.1) is 10.0 Å². The van der Waals surface area contributed by atoms with Gasteiger partial charge in [0.2, 0.25) is 4.96 Å². The Morgan fingerprint density at radius 3 is 2.68 bits per heavy atom. The van der Waals surface area contributed by atoms with Gasteiger partial charge in [-0.3, -0.25) is 4.98 Å². The van der Waals surface area contributed by atoms with Crippen LogP contribution in [0.5, 0.6) is 0 Å². The molecule has 0 unspecified atom stereocenters. The fourth-order valence-electron chi connectivity index (χ4n) is 2.04. The number of hydrogen-bond donors (Lipinski definition) is 0. The fraction of sp³-hybridized carbons (Fsp3) is 0. The van der Waals surface area contributed by atoms with Crippen molar-refractivity contribution in [3.05, 3.63) is 52.8 Å². The number of fused-ring (bicyclic) bond motifs is 1. The van der Waals surface area contributed by atoms with Gasteiger partial charge in [-0.15, -0.1) is 10.2 Å². The minimum Gasteiger partial charge on any atom is -0.264 e. The molecule has 0 radical (unpaired) electrons. The molecule has 0 aliphatic carbocycles. The van der Waals surface area contributed by atoms with Crippen LogP contribution >= 0.6 is 34.5 Å². The molecule has 0 saturated heterocycles. The van der Waals surface area contributed by atoms with E-state index in [1.54, 1.807) is 29.0 Å². The molecular formula is C14H7Cl2N5S. The van der Waals surface area contributed by atoms with Gasteiger partial charge in [-0.2, -0.15) is 9.61 Å². The van der Waals surface area contributed by atoms with E-state index in [2.05, 4.69) is 20.3 Å². The number of pyridine rings is 1. The SMILES string of the molecule is Clc1ccc(-c2nnc3sc(-c4cccnc4)nn23)cc1Cl. The van der Waals surface area contributed by atoms with Crippen LogP contribution in [0.15, 0.2) is 42.7 Å². The van der Waals surface area contributed by atoms with Gasteiger partial charge < -0.3 is 0 Å². The first-order valence-electron chi connectivity index (χ1n) is 6.30. The standard InChI is InChI=1S/C14H7Cl2N5S/c15-10-4-3-8(6-11(10)16)12-18-19-14-21(12)20-13(22-14)9-2-1-5-17-7-9/h1-7H. The van der Waals surface area contributed by atoms with Gasteiger partial charge in [0, 0.05) is 23.5 Å². The lowest BCUT2D eigenvalue weighted by Crippen LogP contribution is -1.91. The molecular weight excluding hydrogens is 341 g/mol. The van der Waals surface area contributed by atoms with Crippen LogP contribution < -0.4 is 0 Å². The van der Waals surface area contributed by atoms with Crippen molar-refractivity contribution in [1.29, 1.82) is 0 Å². The van der Waals surface area contributed by atoms with Crippen LogP contribution in [-0.2, 0) is 0 Å². The summed E-state index contributed by atoms with van der Waals surface area (Å²) in [7, 11) is 0. The first-order valence-corrected chi connectivity index (χ1v) is 7.88. The summed E-state index contributed by atoms with van der Waals surface area (Å²) in [6.07, 6.45) is 3.50. The Labute approximate surface area is 139 Å². The zero-order valence-corrected chi connectivity index (χ0v) is 13.3. The van der Waals surface area contributed by atoms with Crippen LogP contribution in [-0.4, -0.2) is 24.8 Å². The summed E-state index contributed by atoms with van der Waals surface area (Å²) >= 11 is 13.5. The quantitative estimate of drug-likeness (QED) is 0.544. The maximum atomic E-state index is 6.07. The van der Waals surface area contributed by atoms with Gasteiger partial charge in [-0.05, 0) is 30.3 Å². The smallest absolute Gasteiger partial charge is 0.235 e. The maximum absolute atomic E-state index is 6.07. The lowest BCUT2D eigenvalue weighted by molar-refractivity contribution is 0.970. The zero-order chi connectivity index (χ0) is 15.1. The van der Waals surface area contributed by atoms with Crippen molar-refractivity contribution in [1.82, 2.24) is 24.8 Å². The van der Waals surface area contributed by atoms with Crippen molar-refractivity contribution in [2.45, 2.75) is 0 Å². The third kappa shape index (κ3) is 2.25. The van der Waals surface area contributed by atoms with Gasteiger partial charge in [0.15, 0.2) is 5.82 Å². The Kier molecular flexibility index (Phi) is 3.29. The number of rotatable bonds is 2. The highest BCUT2D eigenvalue weighted by Crippen LogP contribution is 2.30. The summed E-state index contributed by atoms with van der Waals surface area (Å²) in [6, 6.07) is 9.15. The molecule has 0 N–H and O–H groups in total. The van der Waals surface area contributed by atoms with E-state index in [9.17, 15) is 0 Å². The number of aromatic nitrogens is 5. The zero-order valence-electron chi connectivity index (χ0n) is 10.9. The number of benzene rings is 1. The van der Waals surface area contributed by atoms with E-state index >= 15 is 0 Å².